The van der Waals surface area contributed by atoms with E-state index in [-0.39, 0.29) is 12.4 Å². The fourth-order valence-corrected chi connectivity index (χ4v) is 3.32. The highest BCUT2D eigenvalue weighted by Crippen LogP contribution is 2.19. The van der Waals surface area contributed by atoms with Gasteiger partial charge in [0.05, 0.1) is 6.61 Å². The Morgan fingerprint density at radius 2 is 1.88 bits per heavy atom. The van der Waals surface area contributed by atoms with Crippen LogP contribution in [0, 0.1) is 0 Å². The van der Waals surface area contributed by atoms with Gasteiger partial charge in [0.1, 0.15) is 5.75 Å². The molecule has 1 aliphatic heterocycles. The van der Waals surface area contributed by atoms with E-state index in [0.717, 1.165) is 47.9 Å². The summed E-state index contributed by atoms with van der Waals surface area (Å²) in [6, 6.07) is 15.0. The first kappa shape index (κ1) is 18.7. The molecular formula is C20H24ClN3O2. The van der Waals surface area contributed by atoms with Crippen LogP contribution in [-0.2, 0) is 13.1 Å². The molecule has 3 rings (SSSR count). The zero-order chi connectivity index (χ0) is 18.4. The van der Waals surface area contributed by atoms with Gasteiger partial charge in [-0.15, -0.1) is 0 Å². The minimum Gasteiger partial charge on any atom is -0.508 e. The number of aliphatic hydroxyl groups is 1. The van der Waals surface area contributed by atoms with E-state index in [1.165, 1.54) is 5.56 Å². The second-order valence-electron chi connectivity index (χ2n) is 6.48. The van der Waals surface area contributed by atoms with Gasteiger partial charge in [-0.25, -0.2) is 5.43 Å². The molecule has 0 fully saturated rings. The van der Waals surface area contributed by atoms with Gasteiger partial charge in [0.15, 0.2) is 0 Å². The summed E-state index contributed by atoms with van der Waals surface area (Å²) in [4.78, 5) is 2.32. The monoisotopic (exact) mass is 373 g/mol. The summed E-state index contributed by atoms with van der Waals surface area (Å²) in [6.07, 6.45) is 0.827. The molecule has 0 bridgehead atoms. The first-order valence-corrected chi connectivity index (χ1v) is 9.07. The normalized spacial score (nSPS) is 15.3. The molecule has 0 unspecified atom stereocenters. The number of nitrogens with zero attached hydrogens (tertiary/aromatic N) is 1. The number of aliphatic hydroxyl groups excluding tert-OH is 1. The molecule has 2 aromatic rings. The van der Waals surface area contributed by atoms with Crippen molar-refractivity contribution >= 4 is 11.6 Å². The number of hydrogen-bond acceptors (Lipinski definition) is 5. The predicted molar refractivity (Wildman–Crippen MR) is 104 cm³/mol. The maximum absolute atomic E-state index is 9.63. The Balaban J connectivity index is 1.58. The van der Waals surface area contributed by atoms with Gasteiger partial charge in [0.25, 0.3) is 0 Å². The minimum atomic E-state index is 0.0567. The summed E-state index contributed by atoms with van der Waals surface area (Å²) in [5.74, 6) is 0.255. The molecule has 138 valence electrons. The second kappa shape index (κ2) is 9.05. The molecule has 0 spiro atoms. The molecule has 0 amide bonds. The molecule has 1 aliphatic rings. The SMILES string of the molecule is OCC1=C(NNCc2cccc(O)c2)CN(Cc2cccc(Cl)c2)CC1. The van der Waals surface area contributed by atoms with Crippen LogP contribution in [0.15, 0.2) is 59.8 Å². The molecule has 26 heavy (non-hydrogen) atoms. The van der Waals surface area contributed by atoms with E-state index in [1.807, 2.05) is 30.3 Å². The van der Waals surface area contributed by atoms with E-state index in [4.69, 9.17) is 11.6 Å². The van der Waals surface area contributed by atoms with Gasteiger partial charge >= 0.3 is 0 Å². The maximum Gasteiger partial charge on any atom is 0.115 e. The van der Waals surface area contributed by atoms with Gasteiger partial charge in [-0.05, 0) is 47.4 Å². The number of hydrazine groups is 1. The lowest BCUT2D eigenvalue weighted by molar-refractivity contribution is 0.246. The number of rotatable bonds is 7. The Morgan fingerprint density at radius 1 is 1.08 bits per heavy atom. The minimum absolute atomic E-state index is 0.0567. The van der Waals surface area contributed by atoms with Crippen molar-refractivity contribution in [3.63, 3.8) is 0 Å². The van der Waals surface area contributed by atoms with Crippen LogP contribution in [0.3, 0.4) is 0 Å². The molecule has 0 atom stereocenters. The van der Waals surface area contributed by atoms with Crippen LogP contribution in [0.25, 0.3) is 0 Å². The lowest BCUT2D eigenvalue weighted by Gasteiger charge is -2.31. The second-order valence-corrected chi connectivity index (χ2v) is 6.92. The third kappa shape index (κ3) is 5.22. The van der Waals surface area contributed by atoms with Crippen molar-refractivity contribution in [1.29, 1.82) is 0 Å². The lowest BCUT2D eigenvalue weighted by atomic mass is 10.1. The summed E-state index contributed by atoms with van der Waals surface area (Å²) < 4.78 is 0. The summed E-state index contributed by atoms with van der Waals surface area (Å²) in [5, 5.41) is 19.9. The van der Waals surface area contributed by atoms with Crippen molar-refractivity contribution in [3.05, 3.63) is 76.0 Å². The fraction of sp³-hybridized carbons (Fsp3) is 0.300. The highest BCUT2D eigenvalue weighted by molar-refractivity contribution is 6.30. The highest BCUT2D eigenvalue weighted by atomic mass is 35.5. The van der Waals surface area contributed by atoms with Crippen LogP contribution in [-0.4, -0.2) is 34.8 Å². The number of aromatic hydroxyl groups is 1. The Bertz CT molecular complexity index is 779. The Kier molecular flexibility index (Phi) is 6.52. The zero-order valence-electron chi connectivity index (χ0n) is 14.6. The van der Waals surface area contributed by atoms with Crippen molar-refractivity contribution < 1.29 is 10.2 Å². The molecule has 4 N–H and O–H groups in total. The van der Waals surface area contributed by atoms with Crippen molar-refractivity contribution in [1.82, 2.24) is 15.8 Å². The Morgan fingerprint density at radius 3 is 2.65 bits per heavy atom. The number of phenolic OH excluding ortho intramolecular Hbond substituents is 1. The van der Waals surface area contributed by atoms with E-state index in [1.54, 1.807) is 12.1 Å². The average Bonchev–Trinajstić information content (AvgIpc) is 2.62. The smallest absolute Gasteiger partial charge is 0.115 e. The summed E-state index contributed by atoms with van der Waals surface area (Å²) >= 11 is 6.07. The first-order valence-electron chi connectivity index (χ1n) is 8.69. The molecule has 0 aliphatic carbocycles. The third-order valence-corrected chi connectivity index (χ3v) is 4.70. The van der Waals surface area contributed by atoms with Crippen molar-refractivity contribution in [2.24, 2.45) is 0 Å². The fourth-order valence-electron chi connectivity index (χ4n) is 3.11. The van der Waals surface area contributed by atoms with Crippen LogP contribution in [0.4, 0.5) is 0 Å². The van der Waals surface area contributed by atoms with E-state index in [9.17, 15) is 10.2 Å². The van der Waals surface area contributed by atoms with Crippen molar-refractivity contribution in [2.75, 3.05) is 19.7 Å². The van der Waals surface area contributed by atoms with Gasteiger partial charge in [0.2, 0.25) is 0 Å². The van der Waals surface area contributed by atoms with E-state index in [2.05, 4.69) is 21.8 Å². The number of benzene rings is 2. The molecule has 6 heteroatoms. The number of hydrogen-bond donors (Lipinski definition) is 4. The average molecular weight is 374 g/mol. The molecule has 0 saturated heterocycles. The molecule has 0 saturated carbocycles. The molecule has 5 nitrogen and oxygen atoms in total. The quantitative estimate of drug-likeness (QED) is 0.562. The number of halogens is 1. The standard InChI is InChI=1S/C20H24ClN3O2/c21-18-5-1-4-16(9-18)12-24-8-7-17(14-25)20(13-24)23-22-11-15-3-2-6-19(26)10-15/h1-6,9-10,22-23,25-26H,7-8,11-14H2. The molecular weight excluding hydrogens is 350 g/mol. The third-order valence-electron chi connectivity index (χ3n) is 4.47. The van der Waals surface area contributed by atoms with Crippen LogP contribution in [0.2, 0.25) is 5.02 Å². The molecule has 0 radical (unpaired) electrons. The molecule has 1 heterocycles. The van der Waals surface area contributed by atoms with Gasteiger partial charge in [-0.2, -0.15) is 0 Å². The first-order chi connectivity index (χ1) is 12.6. The molecule has 0 aromatic heterocycles. The zero-order valence-corrected chi connectivity index (χ0v) is 15.3. The van der Waals surface area contributed by atoms with E-state index < -0.39 is 0 Å². The largest absolute Gasteiger partial charge is 0.508 e. The van der Waals surface area contributed by atoms with Gasteiger partial charge in [-0.1, -0.05) is 35.9 Å². The topological polar surface area (TPSA) is 67.8 Å². The molecule has 2 aromatic carbocycles. The summed E-state index contributed by atoms with van der Waals surface area (Å²) in [6.45, 7) is 3.08. The van der Waals surface area contributed by atoms with Crippen molar-refractivity contribution in [2.45, 2.75) is 19.5 Å². The van der Waals surface area contributed by atoms with Gasteiger partial charge in [-0.3, -0.25) is 4.90 Å². The summed E-state index contributed by atoms with van der Waals surface area (Å²) in [7, 11) is 0. The highest BCUT2D eigenvalue weighted by Gasteiger charge is 2.18. The maximum atomic E-state index is 9.63. The van der Waals surface area contributed by atoms with Crippen LogP contribution in [0.1, 0.15) is 17.5 Å². The predicted octanol–water partition coefficient (Wildman–Crippen LogP) is 2.79. The lowest BCUT2D eigenvalue weighted by Crippen LogP contribution is -2.41. The van der Waals surface area contributed by atoms with E-state index >= 15 is 0 Å². The number of phenols is 1. The Hall–Kier alpha value is -2.05. The van der Waals surface area contributed by atoms with E-state index in [0.29, 0.717) is 6.54 Å². The Labute approximate surface area is 158 Å². The van der Waals surface area contributed by atoms with Gasteiger partial charge < -0.3 is 15.6 Å². The van der Waals surface area contributed by atoms with Crippen molar-refractivity contribution in [3.8, 4) is 5.75 Å². The van der Waals surface area contributed by atoms with Crippen LogP contribution < -0.4 is 10.9 Å². The van der Waals surface area contributed by atoms with Crippen LogP contribution >= 0.6 is 11.6 Å². The van der Waals surface area contributed by atoms with Crippen LogP contribution in [0.5, 0.6) is 5.75 Å². The summed E-state index contributed by atoms with van der Waals surface area (Å²) in [5.41, 5.74) is 10.6. The number of nitrogens with one attached hydrogen (secondary N) is 2. The van der Waals surface area contributed by atoms with Gasteiger partial charge in [0, 0.05) is 36.9 Å².